The number of rotatable bonds is 4. The molecule has 1 heterocycles. The summed E-state index contributed by atoms with van der Waals surface area (Å²) in [5, 5.41) is 16.4. The van der Waals surface area contributed by atoms with E-state index in [9.17, 15) is 13.2 Å². The lowest BCUT2D eigenvalue weighted by Crippen LogP contribution is -2.33. The molecule has 0 aliphatic rings. The summed E-state index contributed by atoms with van der Waals surface area (Å²) in [5.41, 5.74) is 0. The summed E-state index contributed by atoms with van der Waals surface area (Å²) in [6, 6.07) is -0.683. The van der Waals surface area contributed by atoms with Crippen molar-refractivity contribution in [3.63, 3.8) is 0 Å². The van der Waals surface area contributed by atoms with Gasteiger partial charge < -0.3 is 5.32 Å². The van der Waals surface area contributed by atoms with Gasteiger partial charge in [-0.25, -0.2) is 9.89 Å². The summed E-state index contributed by atoms with van der Waals surface area (Å²) in [6.07, 6.45) is 0. The first-order valence-corrected chi connectivity index (χ1v) is 5.32. The number of urea groups is 1. The fourth-order valence-corrected chi connectivity index (χ4v) is 1.02. The van der Waals surface area contributed by atoms with Gasteiger partial charge in [0, 0.05) is 6.54 Å². The molecule has 15 heavy (non-hydrogen) atoms. The molecular formula is C4H8N6O4S. The molecule has 0 spiro atoms. The molecule has 1 aromatic heterocycles. The van der Waals surface area contributed by atoms with Crippen LogP contribution < -0.4 is 10.6 Å². The minimum atomic E-state index is -4.07. The van der Waals surface area contributed by atoms with Crippen LogP contribution in [-0.2, 0) is 10.1 Å². The van der Waals surface area contributed by atoms with E-state index < -0.39 is 21.9 Å². The van der Waals surface area contributed by atoms with Gasteiger partial charge in [0.15, 0.2) is 0 Å². The van der Waals surface area contributed by atoms with Crippen LogP contribution in [0.1, 0.15) is 0 Å². The van der Waals surface area contributed by atoms with Crippen LogP contribution in [0.25, 0.3) is 0 Å². The second kappa shape index (κ2) is 4.65. The maximum atomic E-state index is 11.0. The third-order valence-corrected chi connectivity index (χ3v) is 1.94. The number of nitrogens with one attached hydrogen (secondary N) is 3. The Morgan fingerprint density at radius 3 is 2.80 bits per heavy atom. The number of nitrogens with zero attached hydrogens (tertiary/aromatic N) is 3. The molecule has 10 nitrogen and oxygen atoms in total. The summed E-state index contributed by atoms with van der Waals surface area (Å²) in [6.45, 7) is -0.216. The summed E-state index contributed by atoms with van der Waals surface area (Å²) < 4.78 is 28.9. The summed E-state index contributed by atoms with van der Waals surface area (Å²) in [5.74, 6) is -0.533. The normalized spacial score (nSPS) is 11.0. The van der Waals surface area contributed by atoms with Crippen LogP contribution >= 0.6 is 0 Å². The van der Waals surface area contributed by atoms with Gasteiger partial charge in [0.25, 0.3) is 10.1 Å². The summed E-state index contributed by atoms with van der Waals surface area (Å²) in [4.78, 5) is 11.0. The second-order valence-electron chi connectivity index (χ2n) is 2.42. The molecule has 0 fully saturated rings. The molecule has 84 valence electrons. The zero-order valence-corrected chi connectivity index (χ0v) is 8.15. The minimum absolute atomic E-state index is 0.0272. The molecule has 2 amide bonds. The Hall–Kier alpha value is -1.75. The van der Waals surface area contributed by atoms with Crippen molar-refractivity contribution in [1.29, 1.82) is 0 Å². The molecule has 4 N–H and O–H groups in total. The zero-order chi connectivity index (χ0) is 11.3. The number of carbonyl (C=O) groups excluding carboxylic acids is 1. The number of hydrogen-bond donors (Lipinski definition) is 4. The van der Waals surface area contributed by atoms with E-state index in [1.165, 1.54) is 0 Å². The molecule has 0 bridgehead atoms. The van der Waals surface area contributed by atoms with Crippen LogP contribution in [0.4, 0.5) is 10.7 Å². The quantitative estimate of drug-likeness (QED) is 0.450. The standard InChI is InChI=1S/C4H8N6O4S/c11-4(5-1-2-15(12,13)14)6-3-7-9-10-8-3/h1-2H2,(H,12,13,14)(H3,5,6,7,8,9,10,11). The van der Waals surface area contributed by atoms with Gasteiger partial charge in [0.1, 0.15) is 0 Å². The predicted molar refractivity (Wildman–Crippen MR) is 47.6 cm³/mol. The highest BCUT2D eigenvalue weighted by Crippen LogP contribution is 1.88. The van der Waals surface area contributed by atoms with Crippen molar-refractivity contribution in [1.82, 2.24) is 25.9 Å². The molecule has 1 rings (SSSR count). The van der Waals surface area contributed by atoms with E-state index in [0.717, 1.165) is 0 Å². The number of tetrazole rings is 1. The molecule has 0 aliphatic heterocycles. The number of hydrogen-bond acceptors (Lipinski definition) is 6. The number of anilines is 1. The Morgan fingerprint density at radius 2 is 2.27 bits per heavy atom. The lowest BCUT2D eigenvalue weighted by atomic mass is 10.7. The van der Waals surface area contributed by atoms with Crippen molar-refractivity contribution in [2.45, 2.75) is 0 Å². The van der Waals surface area contributed by atoms with Crippen LogP contribution in [0.15, 0.2) is 0 Å². The molecule has 0 radical (unpaired) electrons. The average Bonchev–Trinajstić information content (AvgIpc) is 2.54. The second-order valence-corrected chi connectivity index (χ2v) is 3.99. The van der Waals surface area contributed by atoms with E-state index in [-0.39, 0.29) is 12.5 Å². The Bertz CT molecular complexity index is 412. The van der Waals surface area contributed by atoms with Gasteiger partial charge >= 0.3 is 6.03 Å². The Labute approximate surface area is 84.2 Å². The number of H-pyrrole nitrogens is 1. The maximum absolute atomic E-state index is 11.0. The third-order valence-electron chi connectivity index (χ3n) is 1.22. The fraction of sp³-hybridized carbons (Fsp3) is 0.500. The van der Waals surface area contributed by atoms with E-state index in [1.807, 2.05) is 0 Å². The van der Waals surface area contributed by atoms with Gasteiger partial charge in [-0.15, -0.1) is 0 Å². The average molecular weight is 236 g/mol. The van der Waals surface area contributed by atoms with Gasteiger partial charge in [-0.05, 0) is 10.4 Å². The van der Waals surface area contributed by atoms with E-state index in [0.29, 0.717) is 0 Å². The van der Waals surface area contributed by atoms with Crippen molar-refractivity contribution in [3.8, 4) is 0 Å². The monoisotopic (exact) mass is 236 g/mol. The molecule has 1 aromatic rings. The predicted octanol–water partition coefficient (Wildman–Crippen LogP) is -1.79. The first kappa shape index (κ1) is 11.3. The molecule has 0 aliphatic carbocycles. The van der Waals surface area contributed by atoms with Gasteiger partial charge in [-0.2, -0.15) is 8.42 Å². The molecule has 0 saturated carbocycles. The van der Waals surface area contributed by atoms with Crippen LogP contribution in [0.5, 0.6) is 0 Å². The number of carbonyl (C=O) groups is 1. The molecule has 0 atom stereocenters. The van der Waals surface area contributed by atoms with Gasteiger partial charge in [-0.1, -0.05) is 5.10 Å². The van der Waals surface area contributed by atoms with E-state index >= 15 is 0 Å². The van der Waals surface area contributed by atoms with Crippen LogP contribution in [0.3, 0.4) is 0 Å². The number of aromatic amines is 1. The number of amides is 2. The van der Waals surface area contributed by atoms with Crippen molar-refractivity contribution in [3.05, 3.63) is 0 Å². The van der Waals surface area contributed by atoms with E-state index in [4.69, 9.17) is 4.55 Å². The van der Waals surface area contributed by atoms with E-state index in [2.05, 4.69) is 31.3 Å². The lowest BCUT2D eigenvalue weighted by Gasteiger charge is -2.02. The Morgan fingerprint density at radius 1 is 1.53 bits per heavy atom. The summed E-state index contributed by atoms with van der Waals surface area (Å²) >= 11 is 0. The first-order chi connectivity index (χ1) is 6.97. The van der Waals surface area contributed by atoms with Gasteiger partial charge in [0.2, 0.25) is 5.95 Å². The number of aromatic nitrogens is 4. The van der Waals surface area contributed by atoms with Crippen molar-refractivity contribution < 1.29 is 17.8 Å². The fourth-order valence-electron chi connectivity index (χ4n) is 0.657. The molecule has 11 heteroatoms. The van der Waals surface area contributed by atoms with Crippen LogP contribution in [0.2, 0.25) is 0 Å². The van der Waals surface area contributed by atoms with Crippen LogP contribution in [-0.4, -0.2) is 51.9 Å². The van der Waals surface area contributed by atoms with Crippen molar-refractivity contribution in [2.24, 2.45) is 0 Å². The molecule has 0 unspecified atom stereocenters. The topological polar surface area (TPSA) is 150 Å². The Balaban J connectivity index is 2.26. The largest absolute Gasteiger partial charge is 0.337 e. The molecule has 0 aromatic carbocycles. The minimum Gasteiger partial charge on any atom is -0.337 e. The third kappa shape index (κ3) is 4.87. The van der Waals surface area contributed by atoms with Crippen LogP contribution in [0, 0.1) is 0 Å². The molecular weight excluding hydrogens is 228 g/mol. The molecule has 0 saturated heterocycles. The maximum Gasteiger partial charge on any atom is 0.321 e. The highest BCUT2D eigenvalue weighted by atomic mass is 32.2. The smallest absolute Gasteiger partial charge is 0.321 e. The van der Waals surface area contributed by atoms with Crippen molar-refractivity contribution in [2.75, 3.05) is 17.6 Å². The first-order valence-electron chi connectivity index (χ1n) is 3.71. The lowest BCUT2D eigenvalue weighted by molar-refractivity contribution is 0.252. The van der Waals surface area contributed by atoms with Gasteiger partial charge in [0.05, 0.1) is 5.75 Å². The summed E-state index contributed by atoms with van der Waals surface area (Å²) in [7, 11) is -4.07. The highest BCUT2D eigenvalue weighted by molar-refractivity contribution is 7.85. The highest BCUT2D eigenvalue weighted by Gasteiger charge is 2.07. The zero-order valence-electron chi connectivity index (χ0n) is 7.34. The Kier molecular flexibility index (Phi) is 3.51. The van der Waals surface area contributed by atoms with Crippen molar-refractivity contribution >= 4 is 22.1 Å². The van der Waals surface area contributed by atoms with E-state index in [1.54, 1.807) is 0 Å². The SMILES string of the molecule is O=C(NCCS(=O)(=O)O)Nc1nnn[nH]1. The van der Waals surface area contributed by atoms with Gasteiger partial charge in [-0.3, -0.25) is 9.87 Å².